The van der Waals surface area contributed by atoms with Gasteiger partial charge in [-0.2, -0.15) is 0 Å². The van der Waals surface area contributed by atoms with Gasteiger partial charge in [0.25, 0.3) is 0 Å². The summed E-state index contributed by atoms with van der Waals surface area (Å²) >= 11 is 5.79. The number of nitrogens with zero attached hydrogens (tertiary/aromatic N) is 1. The number of hydrogen-bond donors (Lipinski definition) is 0. The van der Waals surface area contributed by atoms with Gasteiger partial charge in [-0.15, -0.1) is 0 Å². The van der Waals surface area contributed by atoms with Gasteiger partial charge in [0.05, 0.1) is 4.92 Å². The van der Waals surface area contributed by atoms with Gasteiger partial charge >= 0.3 is 5.97 Å². The summed E-state index contributed by atoms with van der Waals surface area (Å²) in [5.41, 5.74) is 1.21. The molecule has 0 saturated heterocycles. The van der Waals surface area contributed by atoms with Crippen molar-refractivity contribution in [2.45, 2.75) is 6.92 Å². The third-order valence-corrected chi connectivity index (χ3v) is 3.32. The number of carbonyl (C=O) groups is 1. The van der Waals surface area contributed by atoms with Crippen LogP contribution in [0.4, 0.5) is 0 Å². The molecule has 5 nitrogen and oxygen atoms in total. The normalized spacial score (nSPS) is 11.5. The zero-order valence-corrected chi connectivity index (χ0v) is 13.6. The largest absolute Gasteiger partial charge is 0.423 e. The lowest BCUT2D eigenvalue weighted by Gasteiger charge is -2.05. The van der Waals surface area contributed by atoms with Crippen molar-refractivity contribution < 1.29 is 14.5 Å². The monoisotopic (exact) mass is 343 g/mol. The van der Waals surface area contributed by atoms with E-state index in [2.05, 4.69) is 0 Å². The molecule has 0 aromatic heterocycles. The molecule has 0 heterocycles. The Morgan fingerprint density at radius 2 is 1.83 bits per heavy atom. The van der Waals surface area contributed by atoms with Crippen LogP contribution >= 0.6 is 11.6 Å². The fourth-order valence-electron chi connectivity index (χ4n) is 1.85. The number of para-hydroxylation sites is 1. The quantitative estimate of drug-likeness (QED) is 0.261. The van der Waals surface area contributed by atoms with E-state index in [9.17, 15) is 14.9 Å². The van der Waals surface area contributed by atoms with E-state index >= 15 is 0 Å². The number of esters is 1. The number of ether oxygens (including phenoxy) is 1. The molecule has 0 aliphatic carbocycles. The maximum absolute atomic E-state index is 11.9. The van der Waals surface area contributed by atoms with Crippen molar-refractivity contribution in [2.24, 2.45) is 0 Å². The Balaban J connectivity index is 2.13. The first-order chi connectivity index (χ1) is 11.5. The summed E-state index contributed by atoms with van der Waals surface area (Å²) in [6.07, 6.45) is 4.23. The lowest BCUT2D eigenvalue weighted by atomic mass is 10.1. The summed E-state index contributed by atoms with van der Waals surface area (Å²) < 4.78 is 5.25. The van der Waals surface area contributed by atoms with Gasteiger partial charge in [-0.3, -0.25) is 10.1 Å². The number of nitro groups is 1. The Hall–Kier alpha value is -2.92. The fourth-order valence-corrected chi connectivity index (χ4v) is 1.98. The van der Waals surface area contributed by atoms with Crippen LogP contribution in [0.3, 0.4) is 0 Å². The van der Waals surface area contributed by atoms with E-state index in [0.717, 1.165) is 5.56 Å². The molecule has 0 radical (unpaired) electrons. The molecule has 2 aromatic rings. The van der Waals surface area contributed by atoms with Gasteiger partial charge in [0, 0.05) is 29.7 Å². The maximum atomic E-state index is 11.9. The van der Waals surface area contributed by atoms with Gasteiger partial charge in [-0.25, -0.2) is 4.79 Å². The van der Waals surface area contributed by atoms with E-state index < -0.39 is 10.9 Å². The predicted molar refractivity (Wildman–Crippen MR) is 93.2 cm³/mol. The van der Waals surface area contributed by atoms with Crippen molar-refractivity contribution in [3.05, 3.63) is 86.6 Å². The van der Waals surface area contributed by atoms with Crippen LogP contribution < -0.4 is 4.74 Å². The van der Waals surface area contributed by atoms with Crippen LogP contribution in [0, 0.1) is 10.1 Å². The van der Waals surface area contributed by atoms with Crippen molar-refractivity contribution >= 4 is 29.7 Å². The summed E-state index contributed by atoms with van der Waals surface area (Å²) in [5.74, 6) is -0.325. The third kappa shape index (κ3) is 5.07. The van der Waals surface area contributed by atoms with Crippen molar-refractivity contribution in [1.29, 1.82) is 0 Å². The number of halogens is 1. The molecular weight excluding hydrogens is 330 g/mol. The standard InChI is InChI=1S/C18H14ClNO4/c1-13(20(22)23)12-15-4-2-3-5-17(15)24-18(21)11-8-14-6-9-16(19)10-7-14/h2-12H,1H3/b11-8+,13-12+. The summed E-state index contributed by atoms with van der Waals surface area (Å²) in [6, 6.07) is 13.6. The van der Waals surface area contributed by atoms with Crippen LogP contribution in [-0.2, 0) is 4.79 Å². The highest BCUT2D eigenvalue weighted by molar-refractivity contribution is 6.30. The minimum absolute atomic E-state index is 0.0461. The predicted octanol–water partition coefficient (Wildman–Crippen LogP) is 4.60. The SMILES string of the molecule is C/C(=C\c1ccccc1OC(=O)/C=C/c1ccc(Cl)cc1)[N+](=O)[O-]. The molecule has 2 aromatic carbocycles. The van der Waals surface area contributed by atoms with Gasteiger partial charge in [-0.1, -0.05) is 41.9 Å². The van der Waals surface area contributed by atoms with E-state index in [-0.39, 0.29) is 11.4 Å². The molecule has 0 aliphatic heterocycles. The molecule has 122 valence electrons. The van der Waals surface area contributed by atoms with E-state index in [1.54, 1.807) is 54.6 Å². The molecule has 0 bridgehead atoms. The van der Waals surface area contributed by atoms with E-state index in [4.69, 9.17) is 16.3 Å². The lowest BCUT2D eigenvalue weighted by Crippen LogP contribution is -2.05. The topological polar surface area (TPSA) is 69.4 Å². The van der Waals surface area contributed by atoms with Crippen molar-refractivity contribution in [1.82, 2.24) is 0 Å². The van der Waals surface area contributed by atoms with Crippen LogP contribution in [0.2, 0.25) is 5.02 Å². The lowest BCUT2D eigenvalue weighted by molar-refractivity contribution is -0.422. The van der Waals surface area contributed by atoms with Crippen LogP contribution in [-0.4, -0.2) is 10.9 Å². The summed E-state index contributed by atoms with van der Waals surface area (Å²) in [7, 11) is 0. The van der Waals surface area contributed by atoms with Gasteiger partial charge in [0.1, 0.15) is 5.75 Å². The molecule has 24 heavy (non-hydrogen) atoms. The Labute approximate surface area is 144 Å². The summed E-state index contributed by atoms with van der Waals surface area (Å²) in [4.78, 5) is 22.2. The average molecular weight is 344 g/mol. The van der Waals surface area contributed by atoms with Crippen molar-refractivity contribution in [2.75, 3.05) is 0 Å². The number of hydrogen-bond acceptors (Lipinski definition) is 4. The molecule has 2 rings (SSSR count). The first kappa shape index (κ1) is 17.4. The van der Waals surface area contributed by atoms with Gasteiger partial charge in [0.15, 0.2) is 0 Å². The zero-order valence-electron chi connectivity index (χ0n) is 12.8. The van der Waals surface area contributed by atoms with E-state index in [0.29, 0.717) is 10.6 Å². The van der Waals surface area contributed by atoms with Crippen molar-refractivity contribution in [3.8, 4) is 5.75 Å². The van der Waals surface area contributed by atoms with Crippen LogP contribution in [0.15, 0.2) is 60.3 Å². The Morgan fingerprint density at radius 1 is 1.17 bits per heavy atom. The molecule has 0 aliphatic rings. The number of rotatable bonds is 5. The molecule has 0 amide bonds. The molecule has 0 N–H and O–H groups in total. The van der Waals surface area contributed by atoms with Crippen molar-refractivity contribution in [3.63, 3.8) is 0 Å². The van der Waals surface area contributed by atoms with Gasteiger partial charge in [-0.05, 0) is 29.8 Å². The minimum atomic E-state index is -0.579. The number of allylic oxidation sites excluding steroid dienone is 1. The van der Waals surface area contributed by atoms with Crippen LogP contribution in [0.25, 0.3) is 12.2 Å². The molecule has 0 atom stereocenters. The Bertz CT molecular complexity index is 810. The second-order valence-electron chi connectivity index (χ2n) is 4.89. The van der Waals surface area contributed by atoms with Gasteiger partial charge in [0.2, 0.25) is 5.70 Å². The number of carbonyl (C=O) groups excluding carboxylic acids is 1. The van der Waals surface area contributed by atoms with Gasteiger partial charge < -0.3 is 4.74 Å². The first-order valence-corrected chi connectivity index (χ1v) is 7.40. The van der Waals surface area contributed by atoms with E-state index in [1.165, 1.54) is 19.1 Å². The molecule has 0 unspecified atom stereocenters. The maximum Gasteiger partial charge on any atom is 0.336 e. The van der Waals surface area contributed by atoms with Crippen LogP contribution in [0.1, 0.15) is 18.1 Å². The molecule has 0 saturated carbocycles. The highest BCUT2D eigenvalue weighted by atomic mass is 35.5. The number of benzene rings is 2. The van der Waals surface area contributed by atoms with E-state index in [1.807, 2.05) is 0 Å². The first-order valence-electron chi connectivity index (χ1n) is 7.03. The summed E-state index contributed by atoms with van der Waals surface area (Å²) in [6.45, 7) is 1.37. The highest BCUT2D eigenvalue weighted by Gasteiger charge is 2.09. The van der Waals surface area contributed by atoms with Crippen LogP contribution in [0.5, 0.6) is 5.75 Å². The highest BCUT2D eigenvalue weighted by Crippen LogP contribution is 2.21. The second-order valence-corrected chi connectivity index (χ2v) is 5.32. The average Bonchev–Trinajstić information content (AvgIpc) is 2.56. The summed E-state index contributed by atoms with van der Waals surface area (Å²) in [5, 5.41) is 11.3. The molecule has 0 spiro atoms. The second kappa shape index (κ2) is 8.08. The third-order valence-electron chi connectivity index (χ3n) is 3.06. The molecule has 0 fully saturated rings. The Morgan fingerprint density at radius 3 is 2.50 bits per heavy atom. The zero-order chi connectivity index (χ0) is 17.5. The minimum Gasteiger partial charge on any atom is -0.423 e. The molecule has 6 heteroatoms. The Kier molecular flexibility index (Phi) is 5.87. The smallest absolute Gasteiger partial charge is 0.336 e. The molecular formula is C18H14ClNO4. The fraction of sp³-hybridized carbons (Fsp3) is 0.0556.